The summed E-state index contributed by atoms with van der Waals surface area (Å²) in [5.74, 6) is 6.19. The lowest BCUT2D eigenvalue weighted by atomic mass is 9.90. The Morgan fingerprint density at radius 3 is 3.18 bits per heavy atom. The Kier molecular flexibility index (Phi) is 4.53. The van der Waals surface area contributed by atoms with E-state index < -0.39 is 0 Å². The van der Waals surface area contributed by atoms with Gasteiger partial charge in [-0.1, -0.05) is 0 Å². The second kappa shape index (κ2) is 6.14. The third kappa shape index (κ3) is 3.52. The molecular formula is C12H22N4O. The number of nitrogens with one attached hydrogen (secondary N) is 1. The molecule has 17 heavy (non-hydrogen) atoms. The van der Waals surface area contributed by atoms with Crippen LogP contribution < -0.4 is 11.3 Å². The van der Waals surface area contributed by atoms with Crippen LogP contribution >= 0.6 is 0 Å². The lowest BCUT2D eigenvalue weighted by Crippen LogP contribution is -2.44. The van der Waals surface area contributed by atoms with E-state index >= 15 is 0 Å². The van der Waals surface area contributed by atoms with Crippen molar-refractivity contribution in [1.29, 1.82) is 0 Å². The number of hydrogen-bond acceptors (Lipinski definition) is 4. The fourth-order valence-electron chi connectivity index (χ4n) is 2.46. The molecule has 1 aromatic heterocycles. The van der Waals surface area contributed by atoms with Crippen molar-refractivity contribution in [3.05, 3.63) is 18.0 Å². The Labute approximate surface area is 102 Å². The number of nitrogens with zero attached hydrogens (tertiary/aromatic N) is 2. The zero-order chi connectivity index (χ0) is 12.1. The first-order valence-electron chi connectivity index (χ1n) is 6.31. The van der Waals surface area contributed by atoms with Crippen molar-refractivity contribution in [2.45, 2.75) is 31.7 Å². The molecule has 2 rings (SSSR count). The minimum atomic E-state index is 0.343. The predicted octanol–water partition coefficient (Wildman–Crippen LogP) is 0.611. The quantitative estimate of drug-likeness (QED) is 0.583. The minimum Gasteiger partial charge on any atom is -0.381 e. The van der Waals surface area contributed by atoms with Gasteiger partial charge in [0.1, 0.15) is 0 Å². The van der Waals surface area contributed by atoms with Crippen molar-refractivity contribution in [2.24, 2.45) is 18.8 Å². The molecule has 0 bridgehead atoms. The summed E-state index contributed by atoms with van der Waals surface area (Å²) in [4.78, 5) is 0. The first-order chi connectivity index (χ1) is 8.29. The van der Waals surface area contributed by atoms with E-state index in [4.69, 9.17) is 10.6 Å². The molecule has 1 aliphatic heterocycles. The Bertz CT molecular complexity index is 333. The van der Waals surface area contributed by atoms with Crippen LogP contribution in [-0.4, -0.2) is 29.0 Å². The van der Waals surface area contributed by atoms with Crippen molar-refractivity contribution in [1.82, 2.24) is 15.2 Å². The molecule has 1 aliphatic rings. The molecule has 2 atom stereocenters. The fraction of sp³-hybridized carbons (Fsp3) is 0.750. The van der Waals surface area contributed by atoms with Gasteiger partial charge in [-0.05, 0) is 37.2 Å². The molecule has 96 valence electrons. The third-order valence-corrected chi connectivity index (χ3v) is 3.48. The van der Waals surface area contributed by atoms with Crippen molar-refractivity contribution < 1.29 is 4.74 Å². The standard InChI is InChI=1S/C12H22N4O/c1-16-8-10(7-14-16)4-5-12(15-13)11-3-2-6-17-9-11/h7-8,11-12,15H,2-6,9,13H2,1H3. The molecule has 0 aromatic carbocycles. The van der Waals surface area contributed by atoms with Gasteiger partial charge in [-0.25, -0.2) is 0 Å². The molecule has 2 heterocycles. The summed E-state index contributed by atoms with van der Waals surface area (Å²) in [6.45, 7) is 1.73. The van der Waals surface area contributed by atoms with Crippen molar-refractivity contribution >= 4 is 0 Å². The number of ether oxygens (including phenoxy) is 1. The van der Waals surface area contributed by atoms with Gasteiger partial charge in [0.15, 0.2) is 0 Å². The monoisotopic (exact) mass is 238 g/mol. The maximum absolute atomic E-state index is 5.65. The number of aryl methyl sites for hydroxylation is 2. The Balaban J connectivity index is 1.82. The van der Waals surface area contributed by atoms with Gasteiger partial charge >= 0.3 is 0 Å². The molecular weight excluding hydrogens is 216 g/mol. The molecule has 2 unspecified atom stereocenters. The van der Waals surface area contributed by atoms with Gasteiger partial charge in [0.25, 0.3) is 0 Å². The largest absolute Gasteiger partial charge is 0.381 e. The fourth-order valence-corrected chi connectivity index (χ4v) is 2.46. The summed E-state index contributed by atoms with van der Waals surface area (Å²) in [5, 5.41) is 4.17. The number of nitrogens with two attached hydrogens (primary N) is 1. The Morgan fingerprint density at radius 1 is 1.71 bits per heavy atom. The van der Waals surface area contributed by atoms with Crippen LogP contribution in [-0.2, 0) is 18.2 Å². The van der Waals surface area contributed by atoms with Crippen LogP contribution in [0.1, 0.15) is 24.8 Å². The molecule has 5 nitrogen and oxygen atoms in total. The number of aromatic nitrogens is 2. The van der Waals surface area contributed by atoms with E-state index in [1.165, 1.54) is 12.0 Å². The van der Waals surface area contributed by atoms with E-state index in [1.807, 2.05) is 17.9 Å². The highest BCUT2D eigenvalue weighted by molar-refractivity contribution is 5.04. The van der Waals surface area contributed by atoms with Crippen LogP contribution in [0.15, 0.2) is 12.4 Å². The zero-order valence-electron chi connectivity index (χ0n) is 10.4. The van der Waals surface area contributed by atoms with E-state index in [-0.39, 0.29) is 0 Å². The maximum Gasteiger partial charge on any atom is 0.0521 e. The first-order valence-corrected chi connectivity index (χ1v) is 6.31. The lowest BCUT2D eigenvalue weighted by Gasteiger charge is -2.29. The molecule has 0 saturated carbocycles. The first kappa shape index (κ1) is 12.5. The van der Waals surface area contributed by atoms with Crippen LogP contribution in [0, 0.1) is 5.92 Å². The highest BCUT2D eigenvalue weighted by Gasteiger charge is 2.23. The van der Waals surface area contributed by atoms with Gasteiger partial charge in [0.05, 0.1) is 12.8 Å². The molecule has 1 aromatic rings. The van der Waals surface area contributed by atoms with Crippen LogP contribution in [0.2, 0.25) is 0 Å². The van der Waals surface area contributed by atoms with Crippen molar-refractivity contribution in [3.63, 3.8) is 0 Å². The van der Waals surface area contributed by atoms with E-state index in [9.17, 15) is 0 Å². The SMILES string of the molecule is Cn1cc(CCC(NN)C2CCCOC2)cn1. The highest BCUT2D eigenvalue weighted by Crippen LogP contribution is 2.20. The van der Waals surface area contributed by atoms with Gasteiger partial charge in [0.2, 0.25) is 0 Å². The summed E-state index contributed by atoms with van der Waals surface area (Å²) >= 11 is 0. The van der Waals surface area contributed by atoms with Crippen LogP contribution in [0.25, 0.3) is 0 Å². The topological polar surface area (TPSA) is 65.1 Å². The molecule has 0 amide bonds. The van der Waals surface area contributed by atoms with Crippen LogP contribution in [0.5, 0.6) is 0 Å². The molecule has 0 radical (unpaired) electrons. The average molecular weight is 238 g/mol. The molecule has 1 fully saturated rings. The van der Waals surface area contributed by atoms with E-state index in [0.717, 1.165) is 32.5 Å². The smallest absolute Gasteiger partial charge is 0.0521 e. The molecule has 3 N–H and O–H groups in total. The van der Waals surface area contributed by atoms with E-state index in [2.05, 4.69) is 16.7 Å². The minimum absolute atomic E-state index is 0.343. The van der Waals surface area contributed by atoms with Gasteiger partial charge in [-0.15, -0.1) is 0 Å². The van der Waals surface area contributed by atoms with Crippen molar-refractivity contribution in [2.75, 3.05) is 13.2 Å². The van der Waals surface area contributed by atoms with Gasteiger partial charge < -0.3 is 4.74 Å². The molecule has 0 aliphatic carbocycles. The van der Waals surface area contributed by atoms with Gasteiger partial charge in [-0.3, -0.25) is 16.0 Å². The second-order valence-corrected chi connectivity index (χ2v) is 4.81. The van der Waals surface area contributed by atoms with Crippen LogP contribution in [0.3, 0.4) is 0 Å². The van der Waals surface area contributed by atoms with Gasteiger partial charge in [-0.2, -0.15) is 5.10 Å². The molecule has 5 heteroatoms. The summed E-state index contributed by atoms with van der Waals surface area (Å²) in [6.07, 6.45) is 8.39. The Morgan fingerprint density at radius 2 is 2.59 bits per heavy atom. The normalized spacial score (nSPS) is 22.6. The van der Waals surface area contributed by atoms with E-state index in [0.29, 0.717) is 12.0 Å². The summed E-state index contributed by atoms with van der Waals surface area (Å²) in [5.41, 5.74) is 4.21. The van der Waals surface area contributed by atoms with Crippen molar-refractivity contribution in [3.8, 4) is 0 Å². The number of hydrogen-bond donors (Lipinski definition) is 2. The third-order valence-electron chi connectivity index (χ3n) is 3.48. The van der Waals surface area contributed by atoms with Gasteiger partial charge in [0, 0.05) is 25.9 Å². The highest BCUT2D eigenvalue weighted by atomic mass is 16.5. The maximum atomic E-state index is 5.65. The predicted molar refractivity (Wildman–Crippen MR) is 66.2 cm³/mol. The summed E-state index contributed by atoms with van der Waals surface area (Å²) in [6, 6.07) is 0.343. The van der Waals surface area contributed by atoms with E-state index in [1.54, 1.807) is 0 Å². The summed E-state index contributed by atoms with van der Waals surface area (Å²) in [7, 11) is 1.94. The Hall–Kier alpha value is -0.910. The zero-order valence-corrected chi connectivity index (χ0v) is 10.4. The molecule has 0 spiro atoms. The lowest BCUT2D eigenvalue weighted by molar-refractivity contribution is 0.0380. The summed E-state index contributed by atoms with van der Waals surface area (Å²) < 4.78 is 7.35. The number of rotatable bonds is 5. The average Bonchev–Trinajstić information content (AvgIpc) is 2.77. The second-order valence-electron chi connectivity index (χ2n) is 4.81. The number of hydrazine groups is 1. The van der Waals surface area contributed by atoms with Crippen LogP contribution in [0.4, 0.5) is 0 Å². The molecule has 1 saturated heterocycles.